The Kier molecular flexibility index (Phi) is 4.51. The molecule has 1 unspecified atom stereocenters. The second-order valence-corrected chi connectivity index (χ2v) is 4.82. The Morgan fingerprint density at radius 3 is 2.19 bits per heavy atom. The molecule has 0 spiro atoms. The summed E-state index contributed by atoms with van der Waals surface area (Å²) in [4.78, 5) is 0. The number of hydrogen-bond donors (Lipinski definition) is 2. The summed E-state index contributed by atoms with van der Waals surface area (Å²) >= 11 is 5.81. The van der Waals surface area contributed by atoms with Gasteiger partial charge in [-0.1, -0.05) is 23.7 Å². The monoisotopic (exact) mass is 318 g/mol. The Morgan fingerprint density at radius 1 is 1.05 bits per heavy atom. The second-order valence-electron chi connectivity index (χ2n) is 4.39. The Bertz CT molecular complexity index is 626. The van der Waals surface area contributed by atoms with E-state index in [1.54, 1.807) is 0 Å². The molecule has 0 aliphatic heterocycles. The topological polar surface area (TPSA) is 38.0 Å². The molecule has 2 nitrogen and oxygen atoms in total. The molecule has 2 aromatic carbocycles. The summed E-state index contributed by atoms with van der Waals surface area (Å²) in [6.45, 7) is 0. The minimum absolute atomic E-state index is 0.157. The summed E-state index contributed by atoms with van der Waals surface area (Å²) in [6.07, 6.45) is -4.43. The lowest BCUT2D eigenvalue weighted by atomic mass is 9.97. The predicted octanol–water partition coefficient (Wildman–Crippen LogP) is 4.05. The lowest BCUT2D eigenvalue weighted by molar-refractivity contribution is -0.137. The van der Waals surface area contributed by atoms with Gasteiger partial charge in [0.25, 0.3) is 0 Å². The molecule has 0 bridgehead atoms. The zero-order valence-corrected chi connectivity index (χ0v) is 11.3. The Hall–Kier alpha value is -1.63. The standard InChI is InChI=1S/C14H11ClF4N2/c15-10-5-6-12(16)11(7-10)13(21-20)8-1-3-9(4-2-8)14(17,18)19/h1-7,13,21H,20H2. The summed E-state index contributed by atoms with van der Waals surface area (Å²) < 4.78 is 51.4. The van der Waals surface area contributed by atoms with Crippen LogP contribution >= 0.6 is 11.6 Å². The molecule has 0 radical (unpaired) electrons. The lowest BCUT2D eigenvalue weighted by Gasteiger charge is -2.18. The SMILES string of the molecule is NNC(c1ccc(C(F)(F)F)cc1)c1cc(Cl)ccc1F. The third-order valence-corrected chi connectivity index (χ3v) is 3.24. The van der Waals surface area contributed by atoms with Gasteiger partial charge >= 0.3 is 6.18 Å². The van der Waals surface area contributed by atoms with Gasteiger partial charge in [0.05, 0.1) is 11.6 Å². The first-order valence-corrected chi connectivity index (χ1v) is 6.29. The fourth-order valence-corrected chi connectivity index (χ4v) is 2.15. The van der Waals surface area contributed by atoms with Crippen LogP contribution in [0.2, 0.25) is 5.02 Å². The molecular formula is C14H11ClF4N2. The van der Waals surface area contributed by atoms with E-state index < -0.39 is 23.6 Å². The zero-order chi connectivity index (χ0) is 15.6. The van der Waals surface area contributed by atoms with Gasteiger partial charge in [-0.25, -0.2) is 9.82 Å². The van der Waals surface area contributed by atoms with Gasteiger partial charge in [-0.3, -0.25) is 5.84 Å². The van der Waals surface area contributed by atoms with E-state index in [2.05, 4.69) is 5.43 Å². The summed E-state index contributed by atoms with van der Waals surface area (Å²) in [7, 11) is 0. The highest BCUT2D eigenvalue weighted by Gasteiger charge is 2.30. The maximum absolute atomic E-state index is 13.8. The van der Waals surface area contributed by atoms with Crippen molar-refractivity contribution < 1.29 is 17.6 Å². The van der Waals surface area contributed by atoms with E-state index in [0.29, 0.717) is 10.6 Å². The van der Waals surface area contributed by atoms with Crippen molar-refractivity contribution in [1.29, 1.82) is 0 Å². The van der Waals surface area contributed by atoms with Crippen LogP contribution in [0.25, 0.3) is 0 Å². The minimum atomic E-state index is -4.43. The van der Waals surface area contributed by atoms with Gasteiger partial charge < -0.3 is 0 Å². The highest BCUT2D eigenvalue weighted by molar-refractivity contribution is 6.30. The number of hydrazine groups is 1. The smallest absolute Gasteiger partial charge is 0.271 e. The molecule has 3 N–H and O–H groups in total. The molecule has 2 rings (SSSR count). The molecule has 0 amide bonds. The van der Waals surface area contributed by atoms with E-state index in [-0.39, 0.29) is 5.56 Å². The van der Waals surface area contributed by atoms with E-state index in [1.807, 2.05) is 0 Å². The molecule has 0 aliphatic rings. The lowest BCUT2D eigenvalue weighted by Crippen LogP contribution is -2.29. The van der Waals surface area contributed by atoms with E-state index in [0.717, 1.165) is 12.1 Å². The molecule has 0 aromatic heterocycles. The normalized spacial score (nSPS) is 13.2. The molecule has 112 valence electrons. The molecule has 7 heteroatoms. The molecular weight excluding hydrogens is 308 g/mol. The molecule has 0 fully saturated rings. The Morgan fingerprint density at radius 2 is 1.67 bits per heavy atom. The van der Waals surface area contributed by atoms with Crippen molar-refractivity contribution in [3.05, 3.63) is 70.0 Å². The van der Waals surface area contributed by atoms with Crippen molar-refractivity contribution in [3.8, 4) is 0 Å². The maximum atomic E-state index is 13.8. The van der Waals surface area contributed by atoms with Gasteiger partial charge in [0.1, 0.15) is 5.82 Å². The van der Waals surface area contributed by atoms with Crippen LogP contribution in [0, 0.1) is 5.82 Å². The van der Waals surface area contributed by atoms with Gasteiger partial charge in [-0.05, 0) is 35.9 Å². The van der Waals surface area contributed by atoms with Gasteiger partial charge in [-0.2, -0.15) is 13.2 Å². The van der Waals surface area contributed by atoms with Crippen LogP contribution in [0.4, 0.5) is 17.6 Å². The molecule has 21 heavy (non-hydrogen) atoms. The average molecular weight is 319 g/mol. The average Bonchev–Trinajstić information content (AvgIpc) is 2.43. The zero-order valence-electron chi connectivity index (χ0n) is 10.6. The van der Waals surface area contributed by atoms with Crippen molar-refractivity contribution in [2.45, 2.75) is 12.2 Å². The van der Waals surface area contributed by atoms with Crippen molar-refractivity contribution in [3.63, 3.8) is 0 Å². The fourth-order valence-electron chi connectivity index (χ4n) is 1.97. The van der Waals surface area contributed by atoms with Crippen molar-refractivity contribution in [1.82, 2.24) is 5.43 Å². The van der Waals surface area contributed by atoms with E-state index in [4.69, 9.17) is 17.4 Å². The number of alkyl halides is 3. The summed E-state index contributed by atoms with van der Waals surface area (Å²) in [6, 6.07) is 7.45. The first-order valence-electron chi connectivity index (χ1n) is 5.91. The largest absolute Gasteiger partial charge is 0.416 e. The molecule has 0 saturated carbocycles. The Balaban J connectivity index is 2.40. The highest BCUT2D eigenvalue weighted by atomic mass is 35.5. The Labute approximate surface area is 123 Å². The summed E-state index contributed by atoms with van der Waals surface area (Å²) in [5, 5.41) is 0.304. The number of rotatable bonds is 3. The van der Waals surface area contributed by atoms with Gasteiger partial charge in [0.15, 0.2) is 0 Å². The van der Waals surface area contributed by atoms with Crippen LogP contribution in [0.5, 0.6) is 0 Å². The second kappa shape index (κ2) is 6.01. The molecule has 1 atom stereocenters. The van der Waals surface area contributed by atoms with Crippen LogP contribution < -0.4 is 11.3 Å². The number of hydrogen-bond acceptors (Lipinski definition) is 2. The van der Waals surface area contributed by atoms with Crippen LogP contribution in [0.15, 0.2) is 42.5 Å². The minimum Gasteiger partial charge on any atom is -0.271 e. The van der Waals surface area contributed by atoms with Crippen molar-refractivity contribution in [2.75, 3.05) is 0 Å². The maximum Gasteiger partial charge on any atom is 0.416 e. The quantitative estimate of drug-likeness (QED) is 0.509. The number of benzene rings is 2. The van der Waals surface area contributed by atoms with Gasteiger partial charge in [0.2, 0.25) is 0 Å². The first-order chi connectivity index (χ1) is 9.82. The molecule has 0 saturated heterocycles. The number of halogens is 5. The van der Waals surface area contributed by atoms with Gasteiger partial charge in [-0.15, -0.1) is 0 Å². The van der Waals surface area contributed by atoms with E-state index >= 15 is 0 Å². The first kappa shape index (κ1) is 15.8. The predicted molar refractivity (Wildman–Crippen MR) is 72.0 cm³/mol. The molecule has 0 heterocycles. The van der Waals surface area contributed by atoms with Crippen molar-refractivity contribution in [2.24, 2.45) is 5.84 Å². The summed E-state index contributed by atoms with van der Waals surface area (Å²) in [5.41, 5.74) is 2.15. The molecule has 0 aliphatic carbocycles. The number of nitrogens with two attached hydrogens (primary N) is 1. The molecule has 2 aromatic rings. The van der Waals surface area contributed by atoms with E-state index in [1.165, 1.54) is 30.3 Å². The third kappa shape index (κ3) is 3.53. The number of nitrogens with one attached hydrogen (secondary N) is 1. The van der Waals surface area contributed by atoms with E-state index in [9.17, 15) is 17.6 Å². The van der Waals surface area contributed by atoms with Crippen molar-refractivity contribution >= 4 is 11.6 Å². The summed E-state index contributed by atoms with van der Waals surface area (Å²) in [5.74, 6) is 4.84. The van der Waals surface area contributed by atoms with Crippen LogP contribution in [0.3, 0.4) is 0 Å². The van der Waals surface area contributed by atoms with Crippen LogP contribution in [-0.4, -0.2) is 0 Å². The van der Waals surface area contributed by atoms with Gasteiger partial charge in [0, 0.05) is 10.6 Å². The van der Waals surface area contributed by atoms with Crippen LogP contribution in [-0.2, 0) is 6.18 Å². The fraction of sp³-hybridized carbons (Fsp3) is 0.143. The van der Waals surface area contributed by atoms with Crippen LogP contribution in [0.1, 0.15) is 22.7 Å². The third-order valence-electron chi connectivity index (χ3n) is 3.01. The highest BCUT2D eigenvalue weighted by Crippen LogP contribution is 2.31.